The van der Waals surface area contributed by atoms with Gasteiger partial charge in [-0.2, -0.15) is 0 Å². The highest BCUT2D eigenvalue weighted by atomic mass is 16.5. The molecule has 0 aliphatic heterocycles. The van der Waals surface area contributed by atoms with Gasteiger partial charge in [-0.25, -0.2) is 0 Å². The second kappa shape index (κ2) is 6.77. The lowest BCUT2D eigenvalue weighted by atomic mass is 9.96. The fourth-order valence-electron chi connectivity index (χ4n) is 2.44. The van der Waals surface area contributed by atoms with Gasteiger partial charge in [0, 0.05) is 0 Å². The third kappa shape index (κ3) is 3.26. The first-order chi connectivity index (χ1) is 10.9. The minimum absolute atomic E-state index is 0.873. The molecule has 0 spiro atoms. The lowest BCUT2D eigenvalue weighted by Crippen LogP contribution is -1.88. The topological polar surface area (TPSA) is 9.23 Å². The van der Waals surface area contributed by atoms with Crippen LogP contribution < -0.4 is 4.74 Å². The maximum atomic E-state index is 5.22. The van der Waals surface area contributed by atoms with Crippen LogP contribution in [0, 0.1) is 0 Å². The molecule has 0 saturated carbocycles. The largest absolute Gasteiger partial charge is 0.497 e. The highest BCUT2D eigenvalue weighted by molar-refractivity contribution is 5.91. The van der Waals surface area contributed by atoms with Crippen molar-refractivity contribution in [1.29, 1.82) is 0 Å². The molecule has 0 unspecified atom stereocenters. The third-order valence-corrected chi connectivity index (χ3v) is 3.60. The van der Waals surface area contributed by atoms with Crippen molar-refractivity contribution in [1.82, 2.24) is 0 Å². The quantitative estimate of drug-likeness (QED) is 0.593. The number of benzene rings is 3. The van der Waals surface area contributed by atoms with E-state index in [9.17, 15) is 0 Å². The maximum Gasteiger partial charge on any atom is 0.118 e. The van der Waals surface area contributed by atoms with Crippen molar-refractivity contribution in [3.05, 3.63) is 102 Å². The van der Waals surface area contributed by atoms with E-state index in [2.05, 4.69) is 66.7 Å². The molecule has 1 heteroatoms. The van der Waals surface area contributed by atoms with Crippen LogP contribution >= 0.6 is 0 Å². The van der Waals surface area contributed by atoms with Gasteiger partial charge in [-0.1, -0.05) is 72.8 Å². The summed E-state index contributed by atoms with van der Waals surface area (Å²) in [6.45, 7) is 0. The summed E-state index contributed by atoms with van der Waals surface area (Å²) in [5.41, 5.74) is 4.80. The smallest absolute Gasteiger partial charge is 0.118 e. The van der Waals surface area contributed by atoms with E-state index in [0.29, 0.717) is 0 Å². The Kier molecular flexibility index (Phi) is 4.35. The highest BCUT2D eigenvalue weighted by Crippen LogP contribution is 2.26. The Balaban J connectivity index is 2.06. The predicted octanol–water partition coefficient (Wildman–Crippen LogP) is 5.28. The molecule has 3 aromatic rings. The molecule has 0 fully saturated rings. The van der Waals surface area contributed by atoms with Crippen molar-refractivity contribution >= 4 is 11.6 Å². The first kappa shape index (κ1) is 14.2. The zero-order valence-corrected chi connectivity index (χ0v) is 12.6. The molecule has 1 nitrogen and oxygen atoms in total. The standard InChI is InChI=1S/C21H18O/c1-22-20-14-12-17(13-15-20)16-21(18-8-4-2-5-9-18)19-10-6-3-7-11-19/h2-16H,1H3. The molecule has 3 aromatic carbocycles. The second-order valence-corrected chi connectivity index (χ2v) is 5.06. The molecule has 0 aliphatic carbocycles. The van der Waals surface area contributed by atoms with Gasteiger partial charge in [-0.15, -0.1) is 0 Å². The molecule has 0 aromatic heterocycles. The van der Waals surface area contributed by atoms with Gasteiger partial charge in [0.05, 0.1) is 7.11 Å². The van der Waals surface area contributed by atoms with Crippen LogP contribution in [0.5, 0.6) is 5.75 Å². The van der Waals surface area contributed by atoms with Crippen LogP contribution in [0.1, 0.15) is 16.7 Å². The summed E-state index contributed by atoms with van der Waals surface area (Å²) in [5, 5.41) is 0. The number of methoxy groups -OCH3 is 1. The van der Waals surface area contributed by atoms with E-state index in [4.69, 9.17) is 4.74 Å². The Morgan fingerprint density at radius 3 is 1.64 bits per heavy atom. The van der Waals surface area contributed by atoms with Gasteiger partial charge in [0.2, 0.25) is 0 Å². The molecule has 0 aliphatic rings. The van der Waals surface area contributed by atoms with E-state index in [-0.39, 0.29) is 0 Å². The molecule has 0 radical (unpaired) electrons. The Bertz CT molecular complexity index is 699. The average molecular weight is 286 g/mol. The van der Waals surface area contributed by atoms with Crippen molar-refractivity contribution in [2.45, 2.75) is 0 Å². The molecule has 3 rings (SSSR count). The SMILES string of the molecule is COc1ccc(C=C(c2ccccc2)c2ccccc2)cc1. The monoisotopic (exact) mass is 286 g/mol. The number of rotatable bonds is 4. The second-order valence-electron chi connectivity index (χ2n) is 5.06. The van der Waals surface area contributed by atoms with Gasteiger partial charge >= 0.3 is 0 Å². The molecule has 0 bridgehead atoms. The normalized spacial score (nSPS) is 10.0. The number of hydrogen-bond donors (Lipinski definition) is 0. The molecule has 0 saturated heterocycles. The number of hydrogen-bond acceptors (Lipinski definition) is 1. The zero-order valence-electron chi connectivity index (χ0n) is 12.6. The van der Waals surface area contributed by atoms with Crippen LogP contribution in [0.4, 0.5) is 0 Å². The summed E-state index contributed by atoms with van der Waals surface area (Å²) < 4.78 is 5.22. The van der Waals surface area contributed by atoms with Crippen LogP contribution in [-0.2, 0) is 0 Å². The van der Waals surface area contributed by atoms with Crippen LogP contribution in [-0.4, -0.2) is 7.11 Å². The van der Waals surface area contributed by atoms with Crippen molar-refractivity contribution in [2.75, 3.05) is 7.11 Å². The van der Waals surface area contributed by atoms with Gasteiger partial charge < -0.3 is 4.74 Å². The summed E-state index contributed by atoms with van der Waals surface area (Å²) in [6.07, 6.45) is 2.21. The zero-order chi connectivity index (χ0) is 15.2. The molecule has 0 amide bonds. The van der Waals surface area contributed by atoms with Crippen LogP contribution in [0.25, 0.3) is 11.6 Å². The number of ether oxygens (including phenoxy) is 1. The van der Waals surface area contributed by atoms with E-state index in [1.54, 1.807) is 7.11 Å². The molecule has 0 N–H and O–H groups in total. The third-order valence-electron chi connectivity index (χ3n) is 3.60. The maximum absolute atomic E-state index is 5.22. The fourth-order valence-corrected chi connectivity index (χ4v) is 2.44. The van der Waals surface area contributed by atoms with Crippen molar-refractivity contribution in [2.24, 2.45) is 0 Å². The van der Waals surface area contributed by atoms with E-state index in [1.165, 1.54) is 16.7 Å². The van der Waals surface area contributed by atoms with Crippen LogP contribution in [0.2, 0.25) is 0 Å². The minimum atomic E-state index is 0.873. The Morgan fingerprint density at radius 2 is 1.18 bits per heavy atom. The van der Waals surface area contributed by atoms with E-state index in [1.807, 2.05) is 24.3 Å². The summed E-state index contributed by atoms with van der Waals surface area (Å²) >= 11 is 0. The first-order valence-corrected chi connectivity index (χ1v) is 7.33. The summed E-state index contributed by atoms with van der Waals surface area (Å²) in [7, 11) is 1.68. The Hall–Kier alpha value is -2.80. The first-order valence-electron chi connectivity index (χ1n) is 7.33. The summed E-state index contributed by atoms with van der Waals surface area (Å²) in [5.74, 6) is 0.873. The predicted molar refractivity (Wildman–Crippen MR) is 92.9 cm³/mol. The lowest BCUT2D eigenvalue weighted by molar-refractivity contribution is 0.415. The minimum Gasteiger partial charge on any atom is -0.497 e. The molecule has 0 atom stereocenters. The van der Waals surface area contributed by atoms with E-state index < -0.39 is 0 Å². The van der Waals surface area contributed by atoms with Crippen LogP contribution in [0.3, 0.4) is 0 Å². The fraction of sp³-hybridized carbons (Fsp3) is 0.0476. The van der Waals surface area contributed by atoms with Crippen molar-refractivity contribution in [3.63, 3.8) is 0 Å². The molecule has 0 heterocycles. The van der Waals surface area contributed by atoms with Crippen molar-refractivity contribution in [3.8, 4) is 5.75 Å². The van der Waals surface area contributed by atoms with E-state index in [0.717, 1.165) is 11.3 Å². The van der Waals surface area contributed by atoms with Gasteiger partial charge in [0.25, 0.3) is 0 Å². The van der Waals surface area contributed by atoms with Gasteiger partial charge in [0.15, 0.2) is 0 Å². The summed E-state index contributed by atoms with van der Waals surface area (Å²) in [6, 6.07) is 29.0. The Labute approximate surface area is 131 Å². The summed E-state index contributed by atoms with van der Waals surface area (Å²) in [4.78, 5) is 0. The molecule has 108 valence electrons. The van der Waals surface area contributed by atoms with Gasteiger partial charge in [-0.3, -0.25) is 0 Å². The molecule has 22 heavy (non-hydrogen) atoms. The van der Waals surface area contributed by atoms with Crippen molar-refractivity contribution < 1.29 is 4.74 Å². The lowest BCUT2D eigenvalue weighted by Gasteiger charge is -2.09. The van der Waals surface area contributed by atoms with E-state index >= 15 is 0 Å². The average Bonchev–Trinajstić information content (AvgIpc) is 2.62. The van der Waals surface area contributed by atoms with Gasteiger partial charge in [-0.05, 0) is 40.5 Å². The highest BCUT2D eigenvalue weighted by Gasteiger charge is 2.04. The van der Waals surface area contributed by atoms with Crippen LogP contribution in [0.15, 0.2) is 84.9 Å². The molecular formula is C21H18O. The van der Waals surface area contributed by atoms with Gasteiger partial charge in [0.1, 0.15) is 5.75 Å². The Morgan fingerprint density at radius 1 is 0.682 bits per heavy atom. The molecular weight excluding hydrogens is 268 g/mol.